The van der Waals surface area contributed by atoms with Gasteiger partial charge in [-0.3, -0.25) is 4.79 Å². The van der Waals surface area contributed by atoms with Gasteiger partial charge in [0.05, 0.1) is 5.25 Å². The summed E-state index contributed by atoms with van der Waals surface area (Å²) < 4.78 is 0. The molecule has 1 aliphatic heterocycles. The van der Waals surface area contributed by atoms with E-state index < -0.39 is 0 Å². The fraction of sp³-hybridized carbons (Fsp3) is 0.562. The van der Waals surface area contributed by atoms with Crippen LogP contribution in [0.2, 0.25) is 0 Å². The van der Waals surface area contributed by atoms with Gasteiger partial charge >= 0.3 is 0 Å². The quantitative estimate of drug-likeness (QED) is 0.838. The molecule has 1 fully saturated rings. The van der Waals surface area contributed by atoms with Gasteiger partial charge in [-0.25, -0.2) is 0 Å². The predicted octanol–water partition coefficient (Wildman–Crippen LogP) is 3.57. The molecule has 1 saturated heterocycles. The zero-order valence-electron chi connectivity index (χ0n) is 11.8. The third-order valence-electron chi connectivity index (χ3n) is 3.66. The van der Waals surface area contributed by atoms with Crippen LogP contribution in [0, 0.1) is 5.92 Å². The van der Waals surface area contributed by atoms with E-state index in [1.807, 2.05) is 13.0 Å². The van der Waals surface area contributed by atoms with Crippen molar-refractivity contribution < 1.29 is 4.79 Å². The smallest absolute Gasteiger partial charge is 0.235 e. The Morgan fingerprint density at radius 1 is 1.42 bits per heavy atom. The summed E-state index contributed by atoms with van der Waals surface area (Å²) in [5.41, 5.74) is 1.29. The zero-order chi connectivity index (χ0) is 13.7. The Labute approximate surface area is 120 Å². The molecule has 1 aliphatic rings. The number of benzene rings is 1. The van der Waals surface area contributed by atoms with E-state index in [9.17, 15) is 4.79 Å². The number of carbonyl (C=O) groups excluding carboxylic acids is 1. The minimum Gasteiger partial charge on any atom is -0.341 e. The standard InChI is InChI=1S/C16H23NOS/c1-13-7-6-10-17(11-13)16(18)14(2)19-12-15-8-4-3-5-9-15/h3-5,8-9,13-14H,6-7,10-12H2,1-2H3/t13-,14-/m0/s1. The third kappa shape index (κ3) is 4.27. The molecule has 0 aromatic heterocycles. The van der Waals surface area contributed by atoms with Crippen LogP contribution in [-0.4, -0.2) is 29.1 Å². The van der Waals surface area contributed by atoms with Gasteiger partial charge in [-0.1, -0.05) is 37.3 Å². The lowest BCUT2D eigenvalue weighted by Gasteiger charge is -2.32. The molecular weight excluding hydrogens is 254 g/mol. The summed E-state index contributed by atoms with van der Waals surface area (Å²) in [6.45, 7) is 6.16. The Hall–Kier alpha value is -0.960. The van der Waals surface area contributed by atoms with E-state index in [2.05, 4.69) is 36.1 Å². The number of piperidine rings is 1. The highest BCUT2D eigenvalue weighted by atomic mass is 32.2. The van der Waals surface area contributed by atoms with Crippen LogP contribution < -0.4 is 0 Å². The largest absolute Gasteiger partial charge is 0.341 e. The van der Waals surface area contributed by atoms with Crippen LogP contribution in [0.15, 0.2) is 30.3 Å². The number of amides is 1. The van der Waals surface area contributed by atoms with Crippen LogP contribution in [0.4, 0.5) is 0 Å². The molecule has 1 heterocycles. The van der Waals surface area contributed by atoms with Gasteiger partial charge in [0.25, 0.3) is 0 Å². The fourth-order valence-corrected chi connectivity index (χ4v) is 3.44. The van der Waals surface area contributed by atoms with E-state index in [1.54, 1.807) is 11.8 Å². The lowest BCUT2D eigenvalue weighted by Crippen LogP contribution is -2.42. The fourth-order valence-electron chi connectivity index (χ4n) is 2.51. The number of hydrogen-bond acceptors (Lipinski definition) is 2. The highest BCUT2D eigenvalue weighted by Gasteiger charge is 2.24. The van der Waals surface area contributed by atoms with Gasteiger partial charge in [0.2, 0.25) is 5.91 Å². The number of thioether (sulfide) groups is 1. The van der Waals surface area contributed by atoms with Crippen molar-refractivity contribution in [2.75, 3.05) is 13.1 Å². The minimum atomic E-state index is 0.0607. The summed E-state index contributed by atoms with van der Waals surface area (Å²) in [6.07, 6.45) is 2.41. The van der Waals surface area contributed by atoms with E-state index in [4.69, 9.17) is 0 Å². The van der Waals surface area contributed by atoms with Crippen molar-refractivity contribution in [1.82, 2.24) is 4.90 Å². The van der Waals surface area contributed by atoms with Crippen LogP contribution in [0.1, 0.15) is 32.3 Å². The van der Waals surface area contributed by atoms with Gasteiger partial charge in [0.15, 0.2) is 0 Å². The first-order valence-corrected chi connectivity index (χ1v) is 8.16. The van der Waals surface area contributed by atoms with Crippen molar-refractivity contribution in [1.29, 1.82) is 0 Å². The molecular formula is C16H23NOS. The van der Waals surface area contributed by atoms with Crippen molar-refractivity contribution in [2.45, 2.75) is 37.7 Å². The monoisotopic (exact) mass is 277 g/mol. The SMILES string of the molecule is C[C@H]1CCCN(C(=O)[C@H](C)SCc2ccccc2)C1. The highest BCUT2D eigenvalue weighted by Crippen LogP contribution is 2.22. The molecule has 1 aromatic rings. The molecule has 0 N–H and O–H groups in total. The minimum absolute atomic E-state index is 0.0607. The molecule has 1 amide bonds. The molecule has 2 rings (SSSR count). The maximum atomic E-state index is 12.4. The molecule has 19 heavy (non-hydrogen) atoms. The summed E-state index contributed by atoms with van der Waals surface area (Å²) in [5, 5.41) is 0.0607. The lowest BCUT2D eigenvalue weighted by molar-refractivity contribution is -0.131. The zero-order valence-corrected chi connectivity index (χ0v) is 12.7. The first-order chi connectivity index (χ1) is 9.16. The topological polar surface area (TPSA) is 20.3 Å². The second kappa shape index (κ2) is 6.99. The Kier molecular flexibility index (Phi) is 5.32. The van der Waals surface area contributed by atoms with E-state index in [0.717, 1.165) is 25.3 Å². The first-order valence-electron chi connectivity index (χ1n) is 7.11. The third-order valence-corrected chi connectivity index (χ3v) is 4.86. The number of rotatable bonds is 4. The highest BCUT2D eigenvalue weighted by molar-refractivity contribution is 7.99. The number of likely N-dealkylation sites (tertiary alicyclic amines) is 1. The molecule has 0 saturated carbocycles. The van der Waals surface area contributed by atoms with Crippen molar-refractivity contribution in [3.63, 3.8) is 0 Å². The van der Waals surface area contributed by atoms with Crippen LogP contribution in [-0.2, 0) is 10.5 Å². The molecule has 0 bridgehead atoms. The van der Waals surface area contributed by atoms with Crippen LogP contribution >= 0.6 is 11.8 Å². The number of carbonyl (C=O) groups is 1. The Balaban J connectivity index is 1.82. The summed E-state index contributed by atoms with van der Waals surface area (Å²) in [7, 11) is 0. The average Bonchev–Trinajstić information content (AvgIpc) is 2.45. The van der Waals surface area contributed by atoms with Crippen LogP contribution in [0.5, 0.6) is 0 Å². The molecule has 2 atom stereocenters. The molecule has 3 heteroatoms. The molecule has 0 aliphatic carbocycles. The van der Waals surface area contributed by atoms with Crippen molar-refractivity contribution in [3.8, 4) is 0 Å². The van der Waals surface area contributed by atoms with Crippen molar-refractivity contribution in [3.05, 3.63) is 35.9 Å². The van der Waals surface area contributed by atoms with Gasteiger partial charge in [-0.2, -0.15) is 0 Å². The molecule has 0 radical (unpaired) electrons. The first kappa shape index (κ1) is 14.4. The Bertz CT molecular complexity index is 406. The van der Waals surface area contributed by atoms with Crippen LogP contribution in [0.25, 0.3) is 0 Å². The summed E-state index contributed by atoms with van der Waals surface area (Å²) >= 11 is 1.74. The number of hydrogen-bond donors (Lipinski definition) is 0. The van der Waals surface area contributed by atoms with Crippen LogP contribution in [0.3, 0.4) is 0 Å². The van der Waals surface area contributed by atoms with Gasteiger partial charge in [0.1, 0.15) is 0 Å². The Morgan fingerprint density at radius 3 is 2.84 bits per heavy atom. The molecule has 0 spiro atoms. The van der Waals surface area contributed by atoms with Gasteiger partial charge in [-0.15, -0.1) is 11.8 Å². The maximum absolute atomic E-state index is 12.4. The normalized spacial score (nSPS) is 21.2. The summed E-state index contributed by atoms with van der Waals surface area (Å²) in [4.78, 5) is 14.4. The van der Waals surface area contributed by atoms with Crippen molar-refractivity contribution >= 4 is 17.7 Å². The predicted molar refractivity (Wildman–Crippen MR) is 82.2 cm³/mol. The molecule has 1 aromatic carbocycles. The number of nitrogens with zero attached hydrogens (tertiary/aromatic N) is 1. The lowest BCUT2D eigenvalue weighted by atomic mass is 10.0. The van der Waals surface area contributed by atoms with Gasteiger partial charge < -0.3 is 4.90 Å². The second-order valence-corrected chi connectivity index (χ2v) is 6.80. The molecule has 0 unspecified atom stereocenters. The van der Waals surface area contributed by atoms with E-state index in [1.165, 1.54) is 12.0 Å². The van der Waals surface area contributed by atoms with E-state index in [-0.39, 0.29) is 5.25 Å². The van der Waals surface area contributed by atoms with Crippen molar-refractivity contribution in [2.24, 2.45) is 5.92 Å². The second-order valence-electron chi connectivity index (χ2n) is 5.47. The molecule has 104 valence electrons. The Morgan fingerprint density at radius 2 is 2.16 bits per heavy atom. The molecule has 2 nitrogen and oxygen atoms in total. The van der Waals surface area contributed by atoms with E-state index >= 15 is 0 Å². The maximum Gasteiger partial charge on any atom is 0.235 e. The van der Waals surface area contributed by atoms with Gasteiger partial charge in [-0.05, 0) is 31.2 Å². The average molecular weight is 277 g/mol. The van der Waals surface area contributed by atoms with Gasteiger partial charge in [0, 0.05) is 18.8 Å². The summed E-state index contributed by atoms with van der Waals surface area (Å²) in [6, 6.07) is 10.4. The van der Waals surface area contributed by atoms with E-state index in [0.29, 0.717) is 11.8 Å². The summed E-state index contributed by atoms with van der Waals surface area (Å²) in [5.74, 6) is 1.88.